The van der Waals surface area contributed by atoms with Crippen LogP contribution in [0.3, 0.4) is 0 Å². The molecule has 82 valence electrons. The molecular formula is C14H8ClNS. The van der Waals surface area contributed by atoms with E-state index in [1.165, 1.54) is 20.9 Å². The van der Waals surface area contributed by atoms with Crippen LogP contribution < -0.4 is 0 Å². The fraction of sp³-hybridized carbons (Fsp3) is 0.0714. The molecule has 0 saturated carbocycles. The second-order valence-corrected chi connectivity index (χ2v) is 5.49. The molecule has 2 aromatic rings. The summed E-state index contributed by atoms with van der Waals surface area (Å²) in [5.74, 6) is 0. The largest absolute Gasteiger partial charge is 0.192 e. The minimum absolute atomic E-state index is 0.716. The molecule has 17 heavy (non-hydrogen) atoms. The van der Waals surface area contributed by atoms with Crippen molar-refractivity contribution >= 4 is 23.4 Å². The number of nitrogens with zero attached hydrogens (tertiary/aromatic N) is 1. The lowest BCUT2D eigenvalue weighted by Crippen LogP contribution is -1.99. The van der Waals surface area contributed by atoms with Gasteiger partial charge in [0.2, 0.25) is 0 Å². The van der Waals surface area contributed by atoms with Gasteiger partial charge in [-0.05, 0) is 47.9 Å². The molecule has 2 aromatic carbocycles. The Balaban J connectivity index is 2.08. The lowest BCUT2D eigenvalue weighted by Gasteiger charge is -2.19. The first-order valence-corrected chi connectivity index (χ1v) is 6.45. The van der Waals surface area contributed by atoms with Crippen molar-refractivity contribution in [2.45, 2.75) is 16.2 Å². The summed E-state index contributed by atoms with van der Waals surface area (Å²) in [5, 5.41) is 9.67. The van der Waals surface area contributed by atoms with Gasteiger partial charge in [-0.15, -0.1) is 0 Å². The molecule has 3 rings (SSSR count). The zero-order chi connectivity index (χ0) is 11.8. The smallest absolute Gasteiger partial charge is 0.0992 e. The Morgan fingerprint density at radius 2 is 1.94 bits per heavy atom. The summed E-state index contributed by atoms with van der Waals surface area (Å²) in [5.41, 5.74) is 3.25. The van der Waals surface area contributed by atoms with E-state index < -0.39 is 0 Å². The first kappa shape index (κ1) is 10.7. The molecule has 0 spiro atoms. The third kappa shape index (κ3) is 1.93. The monoisotopic (exact) mass is 257 g/mol. The first-order chi connectivity index (χ1) is 8.26. The van der Waals surface area contributed by atoms with Crippen LogP contribution in [0.15, 0.2) is 46.2 Å². The fourth-order valence-corrected chi connectivity index (χ4v) is 3.26. The molecule has 1 heterocycles. The molecule has 3 heteroatoms. The van der Waals surface area contributed by atoms with E-state index >= 15 is 0 Å². The van der Waals surface area contributed by atoms with E-state index in [1.54, 1.807) is 11.8 Å². The number of fused-ring (bicyclic) bond motifs is 2. The van der Waals surface area contributed by atoms with Crippen LogP contribution >= 0.6 is 23.4 Å². The number of hydrogen-bond acceptors (Lipinski definition) is 2. The van der Waals surface area contributed by atoms with Crippen LogP contribution in [0.25, 0.3) is 0 Å². The maximum absolute atomic E-state index is 8.89. The van der Waals surface area contributed by atoms with E-state index in [0.29, 0.717) is 5.56 Å². The predicted octanol–water partition coefficient (Wildman–Crippen LogP) is 4.27. The summed E-state index contributed by atoms with van der Waals surface area (Å²) in [7, 11) is 0. The molecule has 0 atom stereocenters. The SMILES string of the molecule is N#Cc1ccc2c(c1)Sc1ccc(Cl)cc1C2. The van der Waals surface area contributed by atoms with Crippen LogP contribution in [-0.4, -0.2) is 0 Å². The highest BCUT2D eigenvalue weighted by Gasteiger charge is 2.16. The van der Waals surface area contributed by atoms with Crippen LogP contribution in [0.1, 0.15) is 16.7 Å². The molecule has 0 saturated heterocycles. The Labute approximate surface area is 109 Å². The normalized spacial score (nSPS) is 12.5. The fourth-order valence-electron chi connectivity index (χ4n) is 1.97. The summed E-state index contributed by atoms with van der Waals surface area (Å²) < 4.78 is 0. The van der Waals surface area contributed by atoms with E-state index in [2.05, 4.69) is 6.07 Å². The standard InChI is InChI=1S/C14H8ClNS/c15-12-3-4-13-11(7-12)6-10-2-1-9(8-16)5-14(10)17-13/h1-5,7H,6H2. The van der Waals surface area contributed by atoms with Gasteiger partial charge < -0.3 is 0 Å². The lowest BCUT2D eigenvalue weighted by atomic mass is 10.0. The Kier molecular flexibility index (Phi) is 2.58. The summed E-state index contributed by atoms with van der Waals surface area (Å²) in [6.07, 6.45) is 0.893. The van der Waals surface area contributed by atoms with Crippen molar-refractivity contribution in [3.8, 4) is 6.07 Å². The molecule has 0 aliphatic carbocycles. The molecule has 0 fully saturated rings. The highest BCUT2D eigenvalue weighted by molar-refractivity contribution is 7.99. The zero-order valence-electron chi connectivity index (χ0n) is 8.90. The van der Waals surface area contributed by atoms with Crippen molar-refractivity contribution < 1.29 is 0 Å². The van der Waals surface area contributed by atoms with Crippen molar-refractivity contribution in [3.05, 3.63) is 58.1 Å². The highest BCUT2D eigenvalue weighted by atomic mass is 35.5. The van der Waals surface area contributed by atoms with Gasteiger partial charge in [0.05, 0.1) is 11.6 Å². The zero-order valence-corrected chi connectivity index (χ0v) is 10.5. The van der Waals surface area contributed by atoms with Crippen molar-refractivity contribution in [2.24, 2.45) is 0 Å². The van der Waals surface area contributed by atoms with Gasteiger partial charge in [0, 0.05) is 14.8 Å². The molecule has 1 nitrogen and oxygen atoms in total. The summed E-state index contributed by atoms with van der Waals surface area (Å²) in [6, 6.07) is 14.0. The molecule has 0 radical (unpaired) electrons. The average molecular weight is 258 g/mol. The second-order valence-electron chi connectivity index (χ2n) is 3.97. The Bertz CT molecular complexity index is 643. The van der Waals surface area contributed by atoms with Crippen LogP contribution in [0.2, 0.25) is 5.02 Å². The molecule has 0 N–H and O–H groups in total. The van der Waals surface area contributed by atoms with Gasteiger partial charge in [-0.1, -0.05) is 29.4 Å². The van der Waals surface area contributed by atoms with E-state index in [-0.39, 0.29) is 0 Å². The van der Waals surface area contributed by atoms with Gasteiger partial charge in [0.25, 0.3) is 0 Å². The van der Waals surface area contributed by atoms with E-state index in [0.717, 1.165) is 11.4 Å². The van der Waals surface area contributed by atoms with Crippen LogP contribution in [0.5, 0.6) is 0 Å². The molecule has 1 aliphatic heterocycles. The van der Waals surface area contributed by atoms with Gasteiger partial charge >= 0.3 is 0 Å². The number of hydrogen-bond donors (Lipinski definition) is 0. The van der Waals surface area contributed by atoms with Gasteiger partial charge in [-0.25, -0.2) is 0 Å². The van der Waals surface area contributed by atoms with Crippen LogP contribution in [0, 0.1) is 11.3 Å². The van der Waals surface area contributed by atoms with Gasteiger partial charge in [0.15, 0.2) is 0 Å². The Hall–Kier alpha value is -1.43. The second kappa shape index (κ2) is 4.10. The predicted molar refractivity (Wildman–Crippen MR) is 69.5 cm³/mol. The van der Waals surface area contributed by atoms with Crippen molar-refractivity contribution in [3.63, 3.8) is 0 Å². The maximum Gasteiger partial charge on any atom is 0.0992 e. The molecule has 0 amide bonds. The molecule has 1 aliphatic rings. The van der Waals surface area contributed by atoms with Crippen LogP contribution in [-0.2, 0) is 6.42 Å². The Morgan fingerprint density at radius 3 is 2.76 bits per heavy atom. The molecule has 0 aromatic heterocycles. The third-order valence-electron chi connectivity index (χ3n) is 2.82. The summed E-state index contributed by atoms with van der Waals surface area (Å²) in [4.78, 5) is 2.41. The maximum atomic E-state index is 8.89. The summed E-state index contributed by atoms with van der Waals surface area (Å²) in [6.45, 7) is 0. The Morgan fingerprint density at radius 1 is 1.06 bits per heavy atom. The number of nitriles is 1. The van der Waals surface area contributed by atoms with Crippen LogP contribution in [0.4, 0.5) is 0 Å². The topological polar surface area (TPSA) is 23.8 Å². The van der Waals surface area contributed by atoms with E-state index in [1.807, 2.05) is 36.4 Å². The number of halogens is 1. The number of benzene rings is 2. The highest BCUT2D eigenvalue weighted by Crippen LogP contribution is 2.40. The summed E-state index contributed by atoms with van der Waals surface area (Å²) >= 11 is 7.71. The first-order valence-electron chi connectivity index (χ1n) is 5.25. The van der Waals surface area contributed by atoms with Gasteiger partial charge in [-0.3, -0.25) is 0 Å². The molecule has 0 bridgehead atoms. The quantitative estimate of drug-likeness (QED) is 0.601. The van der Waals surface area contributed by atoms with E-state index in [9.17, 15) is 0 Å². The van der Waals surface area contributed by atoms with Gasteiger partial charge in [-0.2, -0.15) is 5.26 Å². The van der Waals surface area contributed by atoms with Crippen molar-refractivity contribution in [1.29, 1.82) is 5.26 Å². The van der Waals surface area contributed by atoms with Crippen molar-refractivity contribution in [2.75, 3.05) is 0 Å². The average Bonchev–Trinajstić information content (AvgIpc) is 2.35. The molecular weight excluding hydrogens is 250 g/mol. The minimum Gasteiger partial charge on any atom is -0.192 e. The number of rotatable bonds is 0. The van der Waals surface area contributed by atoms with Crippen molar-refractivity contribution in [1.82, 2.24) is 0 Å². The van der Waals surface area contributed by atoms with E-state index in [4.69, 9.17) is 16.9 Å². The molecule has 0 unspecified atom stereocenters. The third-order valence-corrected chi connectivity index (χ3v) is 4.27. The van der Waals surface area contributed by atoms with Gasteiger partial charge in [0.1, 0.15) is 0 Å². The minimum atomic E-state index is 0.716. The lowest BCUT2D eigenvalue weighted by molar-refractivity contribution is 1.05.